The number of halogens is 1. The lowest BCUT2D eigenvalue weighted by Gasteiger charge is -2.09. The minimum Gasteiger partial charge on any atom is -0.368 e. The molecule has 0 saturated carbocycles. The summed E-state index contributed by atoms with van der Waals surface area (Å²) in [5, 5.41) is 3.79. The van der Waals surface area contributed by atoms with Gasteiger partial charge in [-0.1, -0.05) is 36.7 Å². The zero-order valence-electron chi connectivity index (χ0n) is 13.5. The summed E-state index contributed by atoms with van der Waals surface area (Å²) in [5.74, 6) is 1.06. The van der Waals surface area contributed by atoms with Crippen LogP contribution in [0.15, 0.2) is 42.5 Å². The van der Waals surface area contributed by atoms with Crippen LogP contribution in [-0.4, -0.2) is 15.0 Å². The van der Waals surface area contributed by atoms with Gasteiger partial charge in [-0.05, 0) is 48.7 Å². The Labute approximate surface area is 145 Å². The van der Waals surface area contributed by atoms with Crippen LogP contribution in [0.2, 0.25) is 5.02 Å². The van der Waals surface area contributed by atoms with E-state index >= 15 is 0 Å². The maximum Gasteiger partial charge on any atom is 0.232 e. The summed E-state index contributed by atoms with van der Waals surface area (Å²) in [6, 6.07) is 13.7. The largest absolute Gasteiger partial charge is 0.368 e. The van der Waals surface area contributed by atoms with Crippen molar-refractivity contribution in [2.24, 2.45) is 0 Å². The highest BCUT2D eigenvalue weighted by Crippen LogP contribution is 2.25. The molecule has 1 aromatic heterocycles. The highest BCUT2D eigenvalue weighted by atomic mass is 35.5. The monoisotopic (exact) mass is 339 g/mol. The normalized spacial score (nSPS) is 10.6. The zero-order valence-corrected chi connectivity index (χ0v) is 14.3. The minimum atomic E-state index is 0.159. The SMILES string of the molecule is CCc1ccc(Nc2nc(N)nc(-c3cc(Cl)ccc3C)n2)cc1. The predicted molar refractivity (Wildman–Crippen MR) is 98.5 cm³/mol. The molecule has 0 amide bonds. The van der Waals surface area contributed by atoms with E-state index in [1.54, 1.807) is 0 Å². The summed E-state index contributed by atoms with van der Waals surface area (Å²) in [4.78, 5) is 12.9. The fourth-order valence-corrected chi connectivity index (χ4v) is 2.53. The van der Waals surface area contributed by atoms with E-state index in [4.69, 9.17) is 17.3 Å². The lowest BCUT2D eigenvalue weighted by molar-refractivity contribution is 1.07. The Bertz CT molecular complexity index is 862. The molecular formula is C18H18ClN5. The van der Waals surface area contributed by atoms with Gasteiger partial charge < -0.3 is 11.1 Å². The van der Waals surface area contributed by atoms with Crippen LogP contribution in [0.5, 0.6) is 0 Å². The van der Waals surface area contributed by atoms with Crippen LogP contribution in [0.1, 0.15) is 18.1 Å². The lowest BCUT2D eigenvalue weighted by atomic mass is 10.1. The van der Waals surface area contributed by atoms with Crippen LogP contribution >= 0.6 is 11.6 Å². The first kappa shape index (κ1) is 16.2. The van der Waals surface area contributed by atoms with E-state index < -0.39 is 0 Å². The summed E-state index contributed by atoms with van der Waals surface area (Å²) >= 11 is 6.09. The van der Waals surface area contributed by atoms with E-state index in [2.05, 4.69) is 39.3 Å². The molecule has 0 spiro atoms. The van der Waals surface area contributed by atoms with Gasteiger partial charge in [-0.3, -0.25) is 0 Å². The Kier molecular flexibility index (Phi) is 4.62. The number of aryl methyl sites for hydroxylation is 2. The Morgan fingerprint density at radius 1 is 1.04 bits per heavy atom. The van der Waals surface area contributed by atoms with E-state index in [0.717, 1.165) is 23.2 Å². The van der Waals surface area contributed by atoms with Crippen molar-refractivity contribution in [3.63, 3.8) is 0 Å². The molecular weight excluding hydrogens is 322 g/mol. The van der Waals surface area contributed by atoms with Gasteiger partial charge in [0.1, 0.15) is 0 Å². The quantitative estimate of drug-likeness (QED) is 0.737. The summed E-state index contributed by atoms with van der Waals surface area (Å²) < 4.78 is 0. The molecule has 2 aromatic carbocycles. The Balaban J connectivity index is 1.95. The van der Waals surface area contributed by atoms with Crippen LogP contribution in [0.25, 0.3) is 11.4 Å². The molecule has 0 fully saturated rings. The molecule has 0 radical (unpaired) electrons. The molecule has 0 atom stereocenters. The number of hydrogen-bond acceptors (Lipinski definition) is 5. The average molecular weight is 340 g/mol. The van der Waals surface area contributed by atoms with Gasteiger partial charge in [-0.2, -0.15) is 15.0 Å². The van der Waals surface area contributed by atoms with Crippen molar-refractivity contribution in [1.29, 1.82) is 0 Å². The highest BCUT2D eigenvalue weighted by molar-refractivity contribution is 6.30. The molecule has 3 N–H and O–H groups in total. The summed E-state index contributed by atoms with van der Waals surface area (Å²) in [7, 11) is 0. The van der Waals surface area contributed by atoms with Gasteiger partial charge in [0.25, 0.3) is 0 Å². The second-order valence-electron chi connectivity index (χ2n) is 5.48. The van der Waals surface area contributed by atoms with E-state index in [9.17, 15) is 0 Å². The number of benzene rings is 2. The van der Waals surface area contributed by atoms with Crippen LogP contribution < -0.4 is 11.1 Å². The first-order chi connectivity index (χ1) is 11.5. The fraction of sp³-hybridized carbons (Fsp3) is 0.167. The molecule has 5 nitrogen and oxygen atoms in total. The van der Waals surface area contributed by atoms with Crippen molar-refractivity contribution in [1.82, 2.24) is 15.0 Å². The van der Waals surface area contributed by atoms with Crippen LogP contribution in [0, 0.1) is 6.92 Å². The highest BCUT2D eigenvalue weighted by Gasteiger charge is 2.10. The van der Waals surface area contributed by atoms with Gasteiger partial charge in [0.2, 0.25) is 11.9 Å². The molecule has 0 saturated heterocycles. The number of hydrogen-bond donors (Lipinski definition) is 2. The predicted octanol–water partition coefficient (Wildman–Crippen LogP) is 4.39. The Hall–Kier alpha value is -2.66. The van der Waals surface area contributed by atoms with Crippen molar-refractivity contribution < 1.29 is 0 Å². The average Bonchev–Trinajstić information content (AvgIpc) is 2.57. The first-order valence-corrected chi connectivity index (χ1v) is 8.07. The van der Waals surface area contributed by atoms with Crippen LogP contribution in [0.3, 0.4) is 0 Å². The number of anilines is 3. The number of aromatic nitrogens is 3. The van der Waals surface area contributed by atoms with E-state index in [0.29, 0.717) is 16.8 Å². The molecule has 3 rings (SSSR count). The lowest BCUT2D eigenvalue weighted by Crippen LogP contribution is -2.05. The van der Waals surface area contributed by atoms with Gasteiger partial charge in [-0.15, -0.1) is 0 Å². The van der Waals surface area contributed by atoms with Gasteiger partial charge in [0.15, 0.2) is 5.82 Å². The zero-order chi connectivity index (χ0) is 17.1. The molecule has 6 heteroatoms. The molecule has 0 bridgehead atoms. The molecule has 0 aliphatic rings. The Morgan fingerprint density at radius 2 is 1.79 bits per heavy atom. The van der Waals surface area contributed by atoms with Crippen LogP contribution in [-0.2, 0) is 6.42 Å². The third kappa shape index (κ3) is 3.63. The molecule has 24 heavy (non-hydrogen) atoms. The van der Waals surface area contributed by atoms with Crippen molar-refractivity contribution in [3.05, 3.63) is 58.6 Å². The maximum absolute atomic E-state index is 6.09. The second kappa shape index (κ2) is 6.84. The number of nitrogen functional groups attached to an aromatic ring is 1. The Morgan fingerprint density at radius 3 is 2.50 bits per heavy atom. The van der Waals surface area contributed by atoms with E-state index in [1.807, 2.05) is 37.3 Å². The summed E-state index contributed by atoms with van der Waals surface area (Å²) in [6.07, 6.45) is 0.997. The van der Waals surface area contributed by atoms with Crippen molar-refractivity contribution in [3.8, 4) is 11.4 Å². The van der Waals surface area contributed by atoms with Gasteiger partial charge in [-0.25, -0.2) is 0 Å². The van der Waals surface area contributed by atoms with Crippen molar-refractivity contribution in [2.75, 3.05) is 11.1 Å². The second-order valence-corrected chi connectivity index (χ2v) is 5.91. The topological polar surface area (TPSA) is 76.7 Å². The van der Waals surface area contributed by atoms with Gasteiger partial charge in [0.05, 0.1) is 0 Å². The standard InChI is InChI=1S/C18H18ClN5/c1-3-12-5-8-14(9-6-12)21-18-23-16(22-17(20)24-18)15-10-13(19)7-4-11(15)2/h4-10H,3H2,1-2H3,(H3,20,21,22,23,24). The molecule has 0 aliphatic heterocycles. The number of nitrogens with zero attached hydrogens (tertiary/aromatic N) is 3. The van der Waals surface area contributed by atoms with Crippen molar-refractivity contribution >= 4 is 29.2 Å². The number of nitrogens with one attached hydrogen (secondary N) is 1. The molecule has 0 unspecified atom stereocenters. The molecule has 3 aromatic rings. The molecule has 1 heterocycles. The maximum atomic E-state index is 6.09. The van der Waals surface area contributed by atoms with Crippen LogP contribution in [0.4, 0.5) is 17.6 Å². The van der Waals surface area contributed by atoms with Gasteiger partial charge in [0, 0.05) is 16.3 Å². The first-order valence-electron chi connectivity index (χ1n) is 7.69. The van der Waals surface area contributed by atoms with E-state index in [-0.39, 0.29) is 5.95 Å². The molecule has 0 aliphatic carbocycles. The fourth-order valence-electron chi connectivity index (χ4n) is 2.36. The summed E-state index contributed by atoms with van der Waals surface area (Å²) in [5.41, 5.74) is 9.86. The third-order valence-electron chi connectivity index (χ3n) is 3.71. The summed E-state index contributed by atoms with van der Waals surface area (Å²) in [6.45, 7) is 4.09. The number of nitrogens with two attached hydrogens (primary N) is 1. The molecule has 122 valence electrons. The smallest absolute Gasteiger partial charge is 0.232 e. The third-order valence-corrected chi connectivity index (χ3v) is 3.95. The van der Waals surface area contributed by atoms with E-state index in [1.165, 1.54) is 5.56 Å². The number of rotatable bonds is 4. The van der Waals surface area contributed by atoms with Crippen molar-refractivity contribution in [2.45, 2.75) is 20.3 Å². The minimum absolute atomic E-state index is 0.159. The van der Waals surface area contributed by atoms with Gasteiger partial charge >= 0.3 is 0 Å².